The van der Waals surface area contributed by atoms with Crippen LogP contribution in [0.3, 0.4) is 0 Å². The molecule has 0 aromatic rings. The molecule has 7 nitrogen and oxygen atoms in total. The van der Waals surface area contributed by atoms with Crippen molar-refractivity contribution in [2.45, 2.75) is 78.3 Å². The first kappa shape index (κ1) is 25.4. The van der Waals surface area contributed by atoms with Gasteiger partial charge >= 0.3 is 5.97 Å². The highest BCUT2D eigenvalue weighted by molar-refractivity contribution is 5.96. The van der Waals surface area contributed by atoms with E-state index >= 15 is 0 Å². The van der Waals surface area contributed by atoms with Gasteiger partial charge in [-0.05, 0) is 51.9 Å². The number of carbonyl (C=O) groups excluding carboxylic acids is 3. The third-order valence-corrected chi connectivity index (χ3v) is 6.58. The lowest BCUT2D eigenvalue weighted by atomic mass is 9.69. The number of hydrogen-bond donors (Lipinski definition) is 2. The second-order valence-corrected chi connectivity index (χ2v) is 8.80. The Hall–Kier alpha value is -1.89. The van der Waals surface area contributed by atoms with Crippen molar-refractivity contribution >= 4 is 17.8 Å². The highest BCUT2D eigenvalue weighted by Gasteiger charge is 2.57. The average Bonchev–Trinajstić information content (AvgIpc) is 3.02. The molecular formula is C24H40N2O5. The number of likely N-dealkylation sites (tertiary alicyclic amines) is 1. The molecule has 6 atom stereocenters. The van der Waals surface area contributed by atoms with E-state index in [0.29, 0.717) is 19.4 Å². The summed E-state index contributed by atoms with van der Waals surface area (Å²) in [5.41, 5.74) is 0. The number of allylic oxidation sites excluding steroid dienone is 1. The Balaban J connectivity index is 2.34. The zero-order valence-electron chi connectivity index (χ0n) is 19.5. The first-order chi connectivity index (χ1) is 14.9. The summed E-state index contributed by atoms with van der Waals surface area (Å²) in [7, 11) is 0. The van der Waals surface area contributed by atoms with Crippen molar-refractivity contribution in [2.75, 3.05) is 19.8 Å². The number of carbonyl (C=O) groups is 3. The summed E-state index contributed by atoms with van der Waals surface area (Å²) < 4.78 is 5.34. The number of hydrogen-bond acceptors (Lipinski definition) is 5. The van der Waals surface area contributed by atoms with Gasteiger partial charge in [-0.15, -0.1) is 0 Å². The van der Waals surface area contributed by atoms with Crippen LogP contribution in [0.4, 0.5) is 0 Å². The van der Waals surface area contributed by atoms with Crippen LogP contribution in [-0.2, 0) is 19.1 Å². The molecule has 0 aromatic carbocycles. The number of unbranched alkanes of at least 4 members (excludes halogenated alkanes) is 2. The van der Waals surface area contributed by atoms with E-state index in [0.717, 1.165) is 25.7 Å². The van der Waals surface area contributed by atoms with Gasteiger partial charge in [0.2, 0.25) is 11.8 Å². The summed E-state index contributed by atoms with van der Waals surface area (Å²) in [4.78, 5) is 41.4. The monoisotopic (exact) mass is 436 g/mol. The van der Waals surface area contributed by atoms with Crippen LogP contribution in [0, 0.1) is 23.7 Å². The van der Waals surface area contributed by atoms with Crippen molar-refractivity contribution in [3.63, 3.8) is 0 Å². The Morgan fingerprint density at radius 1 is 1.19 bits per heavy atom. The maximum absolute atomic E-state index is 13.6. The van der Waals surface area contributed by atoms with E-state index in [1.807, 2.05) is 26.0 Å². The van der Waals surface area contributed by atoms with Gasteiger partial charge in [0.15, 0.2) is 0 Å². The van der Waals surface area contributed by atoms with Gasteiger partial charge in [0.1, 0.15) is 6.04 Å². The van der Waals surface area contributed by atoms with Crippen molar-refractivity contribution in [2.24, 2.45) is 23.7 Å². The maximum Gasteiger partial charge on any atom is 0.310 e. The van der Waals surface area contributed by atoms with E-state index in [-0.39, 0.29) is 48.9 Å². The van der Waals surface area contributed by atoms with Gasteiger partial charge in [-0.25, -0.2) is 0 Å². The quantitative estimate of drug-likeness (QED) is 0.279. The van der Waals surface area contributed by atoms with Gasteiger partial charge in [0.25, 0.3) is 0 Å². The number of fused-ring (bicyclic) bond motifs is 1. The summed E-state index contributed by atoms with van der Waals surface area (Å²) in [5.74, 6) is -2.15. The van der Waals surface area contributed by atoms with Crippen LogP contribution in [0.2, 0.25) is 0 Å². The van der Waals surface area contributed by atoms with E-state index in [1.165, 1.54) is 0 Å². The predicted octanol–water partition coefficient (Wildman–Crippen LogP) is 2.67. The van der Waals surface area contributed by atoms with Crippen molar-refractivity contribution < 1.29 is 24.2 Å². The lowest BCUT2D eigenvalue weighted by Gasteiger charge is -2.33. The Kier molecular flexibility index (Phi) is 10.0. The van der Waals surface area contributed by atoms with Gasteiger partial charge in [0, 0.05) is 25.1 Å². The summed E-state index contributed by atoms with van der Waals surface area (Å²) in [6, 6.07) is -0.586. The Bertz CT molecular complexity index is 650. The van der Waals surface area contributed by atoms with Crippen molar-refractivity contribution in [3.05, 3.63) is 12.2 Å². The molecule has 0 radical (unpaired) electrons. The summed E-state index contributed by atoms with van der Waals surface area (Å²) in [6.45, 7) is 8.66. The zero-order chi connectivity index (χ0) is 23.0. The number of aliphatic hydroxyl groups excluding tert-OH is 1. The molecule has 2 amide bonds. The number of ether oxygens (including phenoxy) is 1. The van der Waals surface area contributed by atoms with Gasteiger partial charge in [0.05, 0.1) is 18.4 Å². The molecule has 0 bridgehead atoms. The van der Waals surface area contributed by atoms with Crippen molar-refractivity contribution in [1.29, 1.82) is 0 Å². The standard InChI is InChI=1S/C24H40N2O5/c1-5-11-16(4)25-22(28)21-18-13-12-17(6-2)19(24(30)31-7-3)20(18)23(29)26(21)14-9-8-10-15-27/h12-13,16-21,27H,5-11,14-15H2,1-4H3,(H,25,28)/t16?,17-,18+,19-,20+,21+/m1/s1. The molecule has 1 aliphatic heterocycles. The molecule has 176 valence electrons. The maximum atomic E-state index is 13.6. The normalized spacial score (nSPS) is 28.4. The molecule has 1 fully saturated rings. The second-order valence-electron chi connectivity index (χ2n) is 8.80. The van der Waals surface area contributed by atoms with Crippen LogP contribution in [0.1, 0.15) is 66.2 Å². The molecule has 0 aromatic heterocycles. The van der Waals surface area contributed by atoms with E-state index in [9.17, 15) is 14.4 Å². The van der Waals surface area contributed by atoms with E-state index < -0.39 is 17.9 Å². The Morgan fingerprint density at radius 3 is 2.55 bits per heavy atom. The summed E-state index contributed by atoms with van der Waals surface area (Å²) in [5, 5.41) is 12.1. The van der Waals surface area contributed by atoms with Crippen LogP contribution in [0.15, 0.2) is 12.2 Å². The minimum Gasteiger partial charge on any atom is -0.466 e. The van der Waals surface area contributed by atoms with E-state index in [2.05, 4.69) is 12.2 Å². The first-order valence-corrected chi connectivity index (χ1v) is 12.0. The van der Waals surface area contributed by atoms with Gasteiger partial charge < -0.3 is 20.1 Å². The third kappa shape index (κ3) is 5.88. The summed E-state index contributed by atoms with van der Waals surface area (Å²) in [6.07, 6.45) is 8.72. The predicted molar refractivity (Wildman–Crippen MR) is 119 cm³/mol. The molecule has 7 heteroatoms. The zero-order valence-corrected chi connectivity index (χ0v) is 19.5. The highest BCUT2D eigenvalue weighted by atomic mass is 16.5. The second kappa shape index (κ2) is 12.2. The number of nitrogens with one attached hydrogen (secondary N) is 1. The van der Waals surface area contributed by atoms with E-state index in [4.69, 9.17) is 9.84 Å². The molecule has 2 N–H and O–H groups in total. The highest BCUT2D eigenvalue weighted by Crippen LogP contribution is 2.45. The van der Waals surface area contributed by atoms with Crippen LogP contribution < -0.4 is 5.32 Å². The van der Waals surface area contributed by atoms with Crippen LogP contribution in [-0.4, -0.2) is 59.6 Å². The van der Waals surface area contributed by atoms with Gasteiger partial charge in [-0.1, -0.05) is 32.4 Å². The molecule has 0 saturated carbocycles. The fourth-order valence-electron chi connectivity index (χ4n) is 5.09. The molecule has 2 aliphatic rings. The number of rotatable bonds is 12. The minimum atomic E-state index is -0.614. The SMILES string of the molecule is CCCC(C)NC(=O)[C@@H]1[C@H]2C=C[C@@H](CC)[C@@H](C(=O)OCC)[C@H]2C(=O)N1CCCCCO. The topological polar surface area (TPSA) is 95.9 Å². The molecule has 1 saturated heterocycles. The lowest BCUT2D eigenvalue weighted by molar-refractivity contribution is -0.155. The third-order valence-electron chi connectivity index (χ3n) is 6.58. The molecule has 1 unspecified atom stereocenters. The van der Waals surface area contributed by atoms with Crippen molar-refractivity contribution in [3.8, 4) is 0 Å². The van der Waals surface area contributed by atoms with Gasteiger partial charge in [-0.2, -0.15) is 0 Å². The lowest BCUT2D eigenvalue weighted by Crippen LogP contribution is -2.49. The number of nitrogens with zero attached hydrogens (tertiary/aromatic N) is 1. The molecule has 2 rings (SSSR count). The first-order valence-electron chi connectivity index (χ1n) is 12.0. The number of amides is 2. The van der Waals surface area contributed by atoms with Crippen molar-refractivity contribution in [1.82, 2.24) is 10.2 Å². The molecule has 0 spiro atoms. The molecular weight excluding hydrogens is 396 g/mol. The number of esters is 1. The minimum absolute atomic E-state index is 0.0275. The van der Waals surface area contributed by atoms with Crippen LogP contribution in [0.25, 0.3) is 0 Å². The average molecular weight is 437 g/mol. The number of aliphatic hydroxyl groups is 1. The fourth-order valence-corrected chi connectivity index (χ4v) is 5.09. The Labute approximate surface area is 186 Å². The van der Waals surface area contributed by atoms with Gasteiger partial charge in [-0.3, -0.25) is 14.4 Å². The van der Waals surface area contributed by atoms with Crippen LogP contribution >= 0.6 is 0 Å². The molecule has 1 heterocycles. The van der Waals surface area contributed by atoms with Crippen LogP contribution in [0.5, 0.6) is 0 Å². The molecule has 1 aliphatic carbocycles. The largest absolute Gasteiger partial charge is 0.466 e. The van der Waals surface area contributed by atoms with E-state index in [1.54, 1.807) is 11.8 Å². The fraction of sp³-hybridized carbons (Fsp3) is 0.792. The Morgan fingerprint density at radius 2 is 1.94 bits per heavy atom. The molecule has 31 heavy (non-hydrogen) atoms. The summed E-state index contributed by atoms with van der Waals surface area (Å²) >= 11 is 0. The smallest absolute Gasteiger partial charge is 0.310 e.